The fourth-order valence-corrected chi connectivity index (χ4v) is 3.21. The van der Waals surface area contributed by atoms with Crippen LogP contribution >= 0.6 is 34.7 Å². The number of aromatic nitrogens is 1. The van der Waals surface area contributed by atoms with Gasteiger partial charge < -0.3 is 5.11 Å². The Bertz CT molecular complexity index is 542. The van der Waals surface area contributed by atoms with E-state index in [0.717, 1.165) is 16.2 Å². The van der Waals surface area contributed by atoms with Gasteiger partial charge in [0.1, 0.15) is 10.0 Å². The molecule has 0 aliphatic heterocycles. The molecule has 0 saturated carbocycles. The van der Waals surface area contributed by atoms with Gasteiger partial charge >= 0.3 is 5.97 Å². The normalized spacial score (nSPS) is 10.4. The Kier molecular flexibility index (Phi) is 4.04. The Labute approximate surface area is 111 Å². The summed E-state index contributed by atoms with van der Waals surface area (Å²) in [5.74, 6) is -0.133. The van der Waals surface area contributed by atoms with E-state index in [0.29, 0.717) is 10.0 Å². The maximum atomic E-state index is 10.7. The summed E-state index contributed by atoms with van der Waals surface area (Å²) in [6, 6.07) is 5.38. The molecule has 2 rings (SSSR count). The number of halogens is 1. The topological polar surface area (TPSA) is 50.2 Å². The molecule has 0 bridgehead atoms. The van der Waals surface area contributed by atoms with Crippen LogP contribution in [0.4, 0.5) is 0 Å². The average Bonchev–Trinajstić information content (AvgIpc) is 2.75. The summed E-state index contributed by atoms with van der Waals surface area (Å²) in [6.07, 6.45) is 1.66. The van der Waals surface area contributed by atoms with Gasteiger partial charge in [0, 0.05) is 22.2 Å². The predicted molar refractivity (Wildman–Crippen MR) is 70.1 cm³/mol. The minimum atomic E-state index is -0.881. The molecule has 0 saturated heterocycles. The van der Waals surface area contributed by atoms with Gasteiger partial charge in [-0.1, -0.05) is 11.6 Å². The molecule has 0 radical (unpaired) electrons. The van der Waals surface area contributed by atoms with Gasteiger partial charge in [0.15, 0.2) is 0 Å². The molecule has 0 amide bonds. The van der Waals surface area contributed by atoms with E-state index in [4.69, 9.17) is 16.7 Å². The zero-order chi connectivity index (χ0) is 12.3. The number of carboxylic acids is 1. The van der Waals surface area contributed by atoms with E-state index in [1.54, 1.807) is 30.1 Å². The van der Waals surface area contributed by atoms with E-state index >= 15 is 0 Å². The van der Waals surface area contributed by atoms with Crippen molar-refractivity contribution in [2.75, 3.05) is 0 Å². The van der Waals surface area contributed by atoms with Crippen molar-refractivity contribution in [2.45, 2.75) is 10.6 Å². The van der Waals surface area contributed by atoms with Crippen LogP contribution in [0, 0.1) is 0 Å². The van der Waals surface area contributed by atoms with Crippen LogP contribution in [0.15, 0.2) is 34.7 Å². The second-order valence-corrected chi connectivity index (χ2v) is 5.57. The van der Waals surface area contributed by atoms with E-state index < -0.39 is 5.97 Å². The molecule has 1 N–H and O–H groups in total. The minimum absolute atomic E-state index is 0.361. The maximum absolute atomic E-state index is 10.7. The third-order valence-electron chi connectivity index (χ3n) is 1.98. The van der Waals surface area contributed by atoms with E-state index in [2.05, 4.69) is 4.98 Å². The molecular formula is C11H8ClNO2S2. The Morgan fingerprint density at radius 1 is 1.53 bits per heavy atom. The smallest absolute Gasteiger partial charge is 0.345 e. The monoisotopic (exact) mass is 285 g/mol. The highest BCUT2D eigenvalue weighted by Gasteiger charge is 2.07. The van der Waals surface area contributed by atoms with Crippen LogP contribution in [-0.2, 0) is 5.75 Å². The lowest BCUT2D eigenvalue weighted by Gasteiger charge is -1.99. The number of thiophene rings is 1. The van der Waals surface area contributed by atoms with Crippen LogP contribution in [0.25, 0.3) is 0 Å². The molecule has 0 aromatic carbocycles. The highest BCUT2D eigenvalue weighted by molar-refractivity contribution is 7.98. The summed E-state index contributed by atoms with van der Waals surface area (Å²) >= 11 is 8.59. The number of carbonyl (C=O) groups is 1. The molecule has 88 valence electrons. The van der Waals surface area contributed by atoms with E-state index in [-0.39, 0.29) is 0 Å². The molecule has 0 fully saturated rings. The van der Waals surface area contributed by atoms with Crippen LogP contribution in [0.1, 0.15) is 15.2 Å². The summed E-state index contributed by atoms with van der Waals surface area (Å²) in [5, 5.41) is 11.1. The molecule has 2 heterocycles. The van der Waals surface area contributed by atoms with Crippen molar-refractivity contribution in [1.29, 1.82) is 0 Å². The molecular weight excluding hydrogens is 278 g/mol. The SMILES string of the molecule is O=C(O)c1cc(SCc2ccnc(Cl)c2)cs1. The first-order chi connectivity index (χ1) is 8.15. The van der Waals surface area contributed by atoms with Gasteiger partial charge in [-0.2, -0.15) is 0 Å². The zero-order valence-corrected chi connectivity index (χ0v) is 11.0. The van der Waals surface area contributed by atoms with Crippen LogP contribution in [0.2, 0.25) is 5.15 Å². The number of carboxylic acid groups (broad SMARTS) is 1. The average molecular weight is 286 g/mol. The third kappa shape index (κ3) is 3.46. The Morgan fingerprint density at radius 2 is 2.35 bits per heavy atom. The van der Waals surface area contributed by atoms with Gasteiger partial charge in [-0.25, -0.2) is 9.78 Å². The molecule has 0 spiro atoms. The van der Waals surface area contributed by atoms with Crippen molar-refractivity contribution in [3.63, 3.8) is 0 Å². The first-order valence-corrected chi connectivity index (χ1v) is 6.94. The minimum Gasteiger partial charge on any atom is -0.477 e. The number of aromatic carboxylic acids is 1. The molecule has 0 atom stereocenters. The van der Waals surface area contributed by atoms with Gasteiger partial charge in [-0.3, -0.25) is 0 Å². The standard InChI is InChI=1S/C11H8ClNO2S2/c12-10-3-7(1-2-13-10)5-16-8-4-9(11(14)15)17-6-8/h1-4,6H,5H2,(H,14,15). The van der Waals surface area contributed by atoms with Crippen molar-refractivity contribution < 1.29 is 9.90 Å². The molecule has 17 heavy (non-hydrogen) atoms. The summed E-state index contributed by atoms with van der Waals surface area (Å²) < 4.78 is 0. The molecule has 0 aliphatic rings. The van der Waals surface area contributed by atoms with Gasteiger partial charge in [0.05, 0.1) is 0 Å². The molecule has 6 heteroatoms. The maximum Gasteiger partial charge on any atom is 0.345 e. The van der Waals surface area contributed by atoms with E-state index in [1.807, 2.05) is 11.4 Å². The van der Waals surface area contributed by atoms with Crippen molar-refractivity contribution in [2.24, 2.45) is 0 Å². The lowest BCUT2D eigenvalue weighted by molar-refractivity contribution is 0.0702. The molecule has 3 nitrogen and oxygen atoms in total. The Morgan fingerprint density at radius 3 is 3.00 bits per heavy atom. The lowest BCUT2D eigenvalue weighted by Crippen LogP contribution is -1.89. The van der Waals surface area contributed by atoms with Crippen LogP contribution in [-0.4, -0.2) is 16.1 Å². The number of thioether (sulfide) groups is 1. The molecule has 0 aliphatic carbocycles. The largest absolute Gasteiger partial charge is 0.477 e. The van der Waals surface area contributed by atoms with Crippen molar-refractivity contribution in [3.05, 3.63) is 45.4 Å². The lowest BCUT2D eigenvalue weighted by atomic mass is 10.3. The van der Waals surface area contributed by atoms with Crippen molar-refractivity contribution >= 4 is 40.7 Å². The third-order valence-corrected chi connectivity index (χ3v) is 4.30. The molecule has 2 aromatic rings. The van der Waals surface area contributed by atoms with Gasteiger partial charge in [-0.15, -0.1) is 23.1 Å². The fourth-order valence-electron chi connectivity index (χ4n) is 1.21. The number of nitrogens with zero attached hydrogens (tertiary/aromatic N) is 1. The Balaban J connectivity index is 2.00. The number of pyridine rings is 1. The van der Waals surface area contributed by atoms with Crippen molar-refractivity contribution in [3.8, 4) is 0 Å². The summed E-state index contributed by atoms with van der Waals surface area (Å²) in [5.41, 5.74) is 1.07. The summed E-state index contributed by atoms with van der Waals surface area (Å²) in [4.78, 5) is 15.9. The number of rotatable bonds is 4. The zero-order valence-electron chi connectivity index (χ0n) is 8.59. The summed E-state index contributed by atoms with van der Waals surface area (Å²) in [6.45, 7) is 0. The van der Waals surface area contributed by atoms with Crippen LogP contribution in [0.5, 0.6) is 0 Å². The summed E-state index contributed by atoms with van der Waals surface area (Å²) in [7, 11) is 0. The van der Waals surface area contributed by atoms with Gasteiger partial charge in [0.25, 0.3) is 0 Å². The fraction of sp³-hybridized carbons (Fsp3) is 0.0909. The van der Waals surface area contributed by atoms with Crippen LogP contribution in [0.3, 0.4) is 0 Å². The Hall–Kier alpha value is -1.04. The second-order valence-electron chi connectivity index (χ2n) is 3.23. The molecule has 2 aromatic heterocycles. The first-order valence-electron chi connectivity index (χ1n) is 4.70. The van der Waals surface area contributed by atoms with Gasteiger partial charge in [-0.05, 0) is 23.8 Å². The van der Waals surface area contributed by atoms with Crippen molar-refractivity contribution in [1.82, 2.24) is 4.98 Å². The first kappa shape index (κ1) is 12.4. The molecule has 0 unspecified atom stereocenters. The van der Waals surface area contributed by atoms with E-state index in [1.165, 1.54) is 11.3 Å². The highest BCUT2D eigenvalue weighted by atomic mass is 35.5. The van der Waals surface area contributed by atoms with Crippen LogP contribution < -0.4 is 0 Å². The predicted octanol–water partition coefficient (Wildman–Crippen LogP) is 3.79. The second kappa shape index (κ2) is 5.53. The quantitative estimate of drug-likeness (QED) is 0.686. The highest BCUT2D eigenvalue weighted by Crippen LogP contribution is 2.28. The number of hydrogen-bond donors (Lipinski definition) is 1. The number of hydrogen-bond acceptors (Lipinski definition) is 4. The van der Waals surface area contributed by atoms with Gasteiger partial charge in [0.2, 0.25) is 0 Å². The van der Waals surface area contributed by atoms with E-state index in [9.17, 15) is 4.79 Å².